The van der Waals surface area contributed by atoms with E-state index < -0.39 is 0 Å². The van der Waals surface area contributed by atoms with Crippen LogP contribution in [0.15, 0.2) is 16.7 Å². The second kappa shape index (κ2) is 6.14. The van der Waals surface area contributed by atoms with Crippen LogP contribution in [-0.4, -0.2) is 30.1 Å². The van der Waals surface area contributed by atoms with Gasteiger partial charge in [-0.2, -0.15) is 0 Å². The molecule has 1 fully saturated rings. The largest absolute Gasteiger partial charge is 0.258 e. The Morgan fingerprint density at radius 2 is 2.29 bits per heavy atom. The smallest absolute Gasteiger partial charge is 0.143 e. The molecule has 0 aliphatic carbocycles. The van der Waals surface area contributed by atoms with Crippen molar-refractivity contribution < 1.29 is 0 Å². The summed E-state index contributed by atoms with van der Waals surface area (Å²) >= 11 is 9.36. The van der Waals surface area contributed by atoms with Crippen LogP contribution in [0.1, 0.15) is 30.7 Å². The minimum atomic E-state index is 0.541. The van der Waals surface area contributed by atoms with Gasteiger partial charge in [0, 0.05) is 19.3 Å². The molecule has 94 valence electrons. The number of nitrogens with one attached hydrogen (secondary N) is 1. The van der Waals surface area contributed by atoms with Gasteiger partial charge in [0.05, 0.1) is 4.47 Å². The highest BCUT2D eigenvalue weighted by molar-refractivity contribution is 9.10. The average molecular weight is 319 g/mol. The molecule has 1 aromatic rings. The molecule has 17 heavy (non-hydrogen) atoms. The number of halogens is 2. The molecule has 0 unspecified atom stereocenters. The molecule has 1 aliphatic heterocycles. The van der Waals surface area contributed by atoms with E-state index in [4.69, 9.17) is 11.6 Å². The molecular formula is C12H17BrClN3. The van der Waals surface area contributed by atoms with E-state index >= 15 is 0 Å². The first-order valence-corrected chi connectivity index (χ1v) is 7.11. The van der Waals surface area contributed by atoms with Crippen LogP contribution in [0.2, 0.25) is 5.15 Å². The van der Waals surface area contributed by atoms with Crippen molar-refractivity contribution in [1.29, 1.82) is 0 Å². The van der Waals surface area contributed by atoms with Crippen molar-refractivity contribution >= 4 is 27.5 Å². The van der Waals surface area contributed by atoms with Gasteiger partial charge in [-0.05, 0) is 59.8 Å². The van der Waals surface area contributed by atoms with E-state index in [2.05, 4.69) is 37.4 Å². The molecule has 0 amide bonds. The zero-order valence-corrected chi connectivity index (χ0v) is 12.3. The second-order valence-electron chi connectivity index (χ2n) is 4.38. The van der Waals surface area contributed by atoms with Crippen molar-refractivity contribution in [3.8, 4) is 0 Å². The maximum atomic E-state index is 5.92. The van der Waals surface area contributed by atoms with Gasteiger partial charge in [-0.25, -0.2) is 9.99 Å². The molecule has 5 heteroatoms. The van der Waals surface area contributed by atoms with Crippen LogP contribution in [0.3, 0.4) is 0 Å². The number of hydrazine groups is 1. The number of rotatable bonds is 2. The van der Waals surface area contributed by atoms with E-state index in [9.17, 15) is 0 Å². The van der Waals surface area contributed by atoms with Crippen LogP contribution in [0.5, 0.6) is 0 Å². The number of nitrogens with zero attached hydrogens (tertiary/aromatic N) is 2. The fourth-order valence-electron chi connectivity index (χ4n) is 2.31. The fraction of sp³-hybridized carbons (Fsp3) is 0.583. The first-order valence-electron chi connectivity index (χ1n) is 5.94. The number of aromatic nitrogens is 1. The van der Waals surface area contributed by atoms with Gasteiger partial charge in [-0.1, -0.05) is 11.6 Å². The third kappa shape index (κ3) is 3.41. The van der Waals surface area contributed by atoms with Gasteiger partial charge in [0.25, 0.3) is 0 Å². The van der Waals surface area contributed by atoms with Gasteiger partial charge in [0.15, 0.2) is 0 Å². The highest BCUT2D eigenvalue weighted by atomic mass is 79.9. The standard InChI is InChI=1S/C12H17BrClN3/c1-15-17-5-2-3-9(4-6-17)10-7-11(13)12(14)16-8-10/h7-9,15H,2-6H2,1H3/t9-/m1/s1. The molecule has 1 N–H and O–H groups in total. The Labute approximate surface area is 116 Å². The van der Waals surface area contributed by atoms with Gasteiger partial charge >= 0.3 is 0 Å². The first-order chi connectivity index (χ1) is 8.20. The number of pyridine rings is 1. The molecule has 0 bridgehead atoms. The van der Waals surface area contributed by atoms with E-state index in [1.54, 1.807) is 0 Å². The summed E-state index contributed by atoms with van der Waals surface area (Å²) in [5.74, 6) is 0.592. The summed E-state index contributed by atoms with van der Waals surface area (Å²) in [7, 11) is 1.99. The Morgan fingerprint density at radius 3 is 3.00 bits per heavy atom. The second-order valence-corrected chi connectivity index (χ2v) is 5.59. The lowest BCUT2D eigenvalue weighted by Gasteiger charge is -2.18. The number of hydrogen-bond acceptors (Lipinski definition) is 3. The third-order valence-electron chi connectivity index (χ3n) is 3.33. The predicted molar refractivity (Wildman–Crippen MR) is 74.2 cm³/mol. The van der Waals surface area contributed by atoms with E-state index in [0.29, 0.717) is 11.1 Å². The Balaban J connectivity index is 2.08. The van der Waals surface area contributed by atoms with Crippen LogP contribution < -0.4 is 5.43 Å². The van der Waals surface area contributed by atoms with E-state index in [1.807, 2.05) is 13.2 Å². The molecule has 1 aliphatic rings. The average Bonchev–Trinajstić information content (AvgIpc) is 2.58. The summed E-state index contributed by atoms with van der Waals surface area (Å²) in [4.78, 5) is 4.21. The summed E-state index contributed by atoms with van der Waals surface area (Å²) in [5, 5.41) is 2.82. The van der Waals surface area contributed by atoms with Gasteiger partial charge < -0.3 is 0 Å². The van der Waals surface area contributed by atoms with Gasteiger partial charge in [-0.3, -0.25) is 5.43 Å². The SMILES string of the molecule is CNN1CCC[C@@H](c2cnc(Cl)c(Br)c2)CC1. The van der Waals surface area contributed by atoms with E-state index in [1.165, 1.54) is 18.4 Å². The first kappa shape index (κ1) is 13.3. The molecule has 3 nitrogen and oxygen atoms in total. The van der Waals surface area contributed by atoms with Crippen LogP contribution in [0.25, 0.3) is 0 Å². The lowest BCUT2D eigenvalue weighted by molar-refractivity contribution is 0.216. The summed E-state index contributed by atoms with van der Waals surface area (Å²) in [6.07, 6.45) is 5.50. The van der Waals surface area contributed by atoms with Crippen LogP contribution in [0.4, 0.5) is 0 Å². The van der Waals surface area contributed by atoms with E-state index in [-0.39, 0.29) is 0 Å². The summed E-state index contributed by atoms with van der Waals surface area (Å²) < 4.78 is 0.895. The lowest BCUT2D eigenvalue weighted by atomic mass is 9.93. The molecule has 0 radical (unpaired) electrons. The van der Waals surface area contributed by atoms with E-state index in [0.717, 1.165) is 24.0 Å². The monoisotopic (exact) mass is 317 g/mol. The molecule has 0 saturated carbocycles. The topological polar surface area (TPSA) is 28.2 Å². The van der Waals surface area contributed by atoms with Gasteiger partial charge in [0.2, 0.25) is 0 Å². The predicted octanol–water partition coefficient (Wildman–Crippen LogP) is 3.20. The van der Waals surface area contributed by atoms with Crippen LogP contribution >= 0.6 is 27.5 Å². The molecule has 2 heterocycles. The fourth-order valence-corrected chi connectivity index (χ4v) is 2.78. The van der Waals surface area contributed by atoms with Gasteiger partial charge in [0.1, 0.15) is 5.15 Å². The van der Waals surface area contributed by atoms with Crippen molar-refractivity contribution in [3.05, 3.63) is 27.5 Å². The van der Waals surface area contributed by atoms with Crippen LogP contribution in [0, 0.1) is 0 Å². The van der Waals surface area contributed by atoms with Crippen molar-refractivity contribution in [3.63, 3.8) is 0 Å². The lowest BCUT2D eigenvalue weighted by Crippen LogP contribution is -2.35. The summed E-state index contributed by atoms with van der Waals surface area (Å²) in [6, 6.07) is 2.11. The Kier molecular flexibility index (Phi) is 4.79. The molecule has 1 atom stereocenters. The molecular weight excluding hydrogens is 302 g/mol. The maximum absolute atomic E-state index is 5.92. The summed E-state index contributed by atoms with van der Waals surface area (Å²) in [5.41, 5.74) is 4.51. The molecule has 1 aromatic heterocycles. The molecule has 2 rings (SSSR count). The van der Waals surface area contributed by atoms with Crippen molar-refractivity contribution in [1.82, 2.24) is 15.4 Å². The zero-order chi connectivity index (χ0) is 12.3. The summed E-state index contributed by atoms with van der Waals surface area (Å²) in [6.45, 7) is 2.20. The highest BCUT2D eigenvalue weighted by Crippen LogP contribution is 2.30. The Bertz CT molecular complexity index is 386. The van der Waals surface area contributed by atoms with Gasteiger partial charge in [-0.15, -0.1) is 0 Å². The zero-order valence-electron chi connectivity index (χ0n) is 9.92. The molecule has 0 spiro atoms. The Morgan fingerprint density at radius 1 is 1.47 bits per heavy atom. The minimum Gasteiger partial charge on any atom is -0.258 e. The van der Waals surface area contributed by atoms with Crippen molar-refractivity contribution in [2.45, 2.75) is 25.2 Å². The van der Waals surface area contributed by atoms with Crippen molar-refractivity contribution in [2.75, 3.05) is 20.1 Å². The third-order valence-corrected chi connectivity index (χ3v) is 4.47. The molecule has 0 aromatic carbocycles. The number of hydrogen-bond donors (Lipinski definition) is 1. The molecule has 1 saturated heterocycles. The van der Waals surface area contributed by atoms with Crippen molar-refractivity contribution in [2.24, 2.45) is 0 Å². The van der Waals surface area contributed by atoms with Crippen LogP contribution in [-0.2, 0) is 0 Å². The Hall–Kier alpha value is -0.160. The normalized spacial score (nSPS) is 22.4. The maximum Gasteiger partial charge on any atom is 0.143 e. The minimum absolute atomic E-state index is 0.541. The highest BCUT2D eigenvalue weighted by Gasteiger charge is 2.18. The quantitative estimate of drug-likeness (QED) is 0.849.